The minimum absolute atomic E-state index is 0.182. The summed E-state index contributed by atoms with van der Waals surface area (Å²) in [5.41, 5.74) is 5.64. The quantitative estimate of drug-likeness (QED) is 0.464. The Hall–Kier alpha value is -2.04. The smallest absolute Gasteiger partial charge is 0.277 e. The molecule has 0 bridgehead atoms. The van der Waals surface area contributed by atoms with Gasteiger partial charge in [-0.25, -0.2) is 5.43 Å². The average molecular weight is 419 g/mol. The summed E-state index contributed by atoms with van der Waals surface area (Å²) < 4.78 is 5.40. The van der Waals surface area contributed by atoms with Crippen molar-refractivity contribution in [2.24, 2.45) is 5.10 Å². The molecule has 1 fully saturated rings. The molecule has 1 saturated carbocycles. The van der Waals surface area contributed by atoms with Gasteiger partial charge in [0.1, 0.15) is 5.75 Å². The highest BCUT2D eigenvalue weighted by Crippen LogP contribution is 2.32. The fourth-order valence-electron chi connectivity index (χ4n) is 3.41. The Morgan fingerprint density at radius 3 is 2.50 bits per heavy atom. The van der Waals surface area contributed by atoms with Crippen LogP contribution in [0, 0.1) is 0 Å². The fourth-order valence-corrected chi connectivity index (χ4v) is 3.87. The van der Waals surface area contributed by atoms with E-state index in [2.05, 4.69) is 34.8 Å². The Labute approximate surface area is 175 Å². The number of benzene rings is 2. The number of halogens is 2. The summed E-state index contributed by atoms with van der Waals surface area (Å²) in [6, 6.07) is 13.3. The summed E-state index contributed by atoms with van der Waals surface area (Å²) in [5.74, 6) is 0.723. The molecule has 1 aliphatic carbocycles. The van der Waals surface area contributed by atoms with Gasteiger partial charge < -0.3 is 4.74 Å². The van der Waals surface area contributed by atoms with Crippen molar-refractivity contribution in [1.82, 2.24) is 5.43 Å². The van der Waals surface area contributed by atoms with Crippen molar-refractivity contribution >= 4 is 34.8 Å². The SMILES string of the molecule is C/C(=N\NC(=O)COc1ccc(Cl)cc1Cl)c1ccc(C2CCCCC2)cc1. The van der Waals surface area contributed by atoms with E-state index < -0.39 is 0 Å². The van der Waals surface area contributed by atoms with Crippen molar-refractivity contribution < 1.29 is 9.53 Å². The van der Waals surface area contributed by atoms with E-state index in [1.54, 1.807) is 18.2 Å². The maximum Gasteiger partial charge on any atom is 0.277 e. The maximum absolute atomic E-state index is 12.0. The molecule has 2 aromatic rings. The molecule has 28 heavy (non-hydrogen) atoms. The van der Waals surface area contributed by atoms with Gasteiger partial charge in [-0.3, -0.25) is 4.79 Å². The molecule has 6 heteroatoms. The van der Waals surface area contributed by atoms with Crippen LogP contribution in [-0.2, 0) is 4.79 Å². The Bertz CT molecular complexity index is 844. The molecule has 3 rings (SSSR count). The van der Waals surface area contributed by atoms with Crippen LogP contribution in [0.4, 0.5) is 0 Å². The number of nitrogens with zero attached hydrogens (tertiary/aromatic N) is 1. The average Bonchev–Trinajstić information content (AvgIpc) is 2.72. The van der Waals surface area contributed by atoms with Gasteiger partial charge in [0.25, 0.3) is 5.91 Å². The van der Waals surface area contributed by atoms with Gasteiger partial charge in [0.05, 0.1) is 10.7 Å². The van der Waals surface area contributed by atoms with E-state index in [1.165, 1.54) is 37.7 Å². The number of hydrogen-bond donors (Lipinski definition) is 1. The van der Waals surface area contributed by atoms with E-state index >= 15 is 0 Å². The molecule has 0 heterocycles. The van der Waals surface area contributed by atoms with E-state index in [4.69, 9.17) is 27.9 Å². The molecule has 2 aromatic carbocycles. The maximum atomic E-state index is 12.0. The lowest BCUT2D eigenvalue weighted by atomic mass is 9.84. The molecular weight excluding hydrogens is 395 g/mol. The molecule has 4 nitrogen and oxygen atoms in total. The number of hydrazone groups is 1. The first kappa shape index (κ1) is 20.7. The van der Waals surface area contributed by atoms with Crippen LogP contribution in [0.15, 0.2) is 47.6 Å². The number of rotatable bonds is 6. The van der Waals surface area contributed by atoms with Crippen molar-refractivity contribution in [3.05, 3.63) is 63.6 Å². The summed E-state index contributed by atoms with van der Waals surface area (Å²) in [7, 11) is 0. The molecule has 1 N–H and O–H groups in total. The number of ether oxygens (including phenoxy) is 1. The van der Waals surface area contributed by atoms with Crippen LogP contribution in [0.3, 0.4) is 0 Å². The molecule has 148 valence electrons. The molecule has 0 unspecified atom stereocenters. The minimum Gasteiger partial charge on any atom is -0.482 e. The van der Waals surface area contributed by atoms with Crippen LogP contribution < -0.4 is 10.2 Å². The third kappa shape index (κ3) is 5.73. The Balaban J connectivity index is 1.52. The summed E-state index contributed by atoms with van der Waals surface area (Å²) in [4.78, 5) is 12.0. The number of nitrogens with one attached hydrogen (secondary N) is 1. The van der Waals surface area contributed by atoms with E-state index in [0.29, 0.717) is 21.7 Å². The van der Waals surface area contributed by atoms with Crippen LogP contribution in [0.2, 0.25) is 10.0 Å². The van der Waals surface area contributed by atoms with Crippen molar-refractivity contribution in [2.45, 2.75) is 44.9 Å². The van der Waals surface area contributed by atoms with Crippen molar-refractivity contribution in [3.8, 4) is 5.75 Å². The number of amides is 1. The molecular formula is C22H24Cl2N2O2. The third-order valence-electron chi connectivity index (χ3n) is 5.01. The first-order valence-electron chi connectivity index (χ1n) is 9.54. The largest absolute Gasteiger partial charge is 0.482 e. The van der Waals surface area contributed by atoms with Crippen LogP contribution in [0.25, 0.3) is 0 Å². The normalized spacial score (nSPS) is 15.3. The molecule has 0 atom stereocenters. The number of hydrogen-bond acceptors (Lipinski definition) is 3. The molecule has 0 saturated heterocycles. The van der Waals surface area contributed by atoms with Crippen LogP contribution in [0.1, 0.15) is 56.1 Å². The zero-order valence-corrected chi connectivity index (χ0v) is 17.4. The molecule has 0 aliphatic heterocycles. The molecule has 1 amide bonds. The van der Waals surface area contributed by atoms with Crippen LogP contribution in [-0.4, -0.2) is 18.2 Å². The van der Waals surface area contributed by atoms with Gasteiger partial charge in [-0.15, -0.1) is 0 Å². The Kier molecular flexibility index (Phi) is 7.35. The number of carbonyl (C=O) groups is 1. The number of carbonyl (C=O) groups excluding carboxylic acids is 1. The van der Waals surface area contributed by atoms with Crippen LogP contribution >= 0.6 is 23.2 Å². The summed E-state index contributed by atoms with van der Waals surface area (Å²) in [5, 5.41) is 5.04. The summed E-state index contributed by atoms with van der Waals surface area (Å²) in [6.45, 7) is 1.69. The van der Waals surface area contributed by atoms with Gasteiger partial charge in [0, 0.05) is 5.02 Å². The lowest BCUT2D eigenvalue weighted by Gasteiger charge is -2.22. The van der Waals surface area contributed by atoms with E-state index in [-0.39, 0.29) is 12.5 Å². The third-order valence-corrected chi connectivity index (χ3v) is 5.54. The predicted molar refractivity (Wildman–Crippen MR) is 115 cm³/mol. The second-order valence-corrected chi connectivity index (χ2v) is 7.90. The highest BCUT2D eigenvalue weighted by atomic mass is 35.5. The zero-order valence-electron chi connectivity index (χ0n) is 15.9. The topological polar surface area (TPSA) is 50.7 Å². The Morgan fingerprint density at radius 1 is 1.11 bits per heavy atom. The lowest BCUT2D eigenvalue weighted by molar-refractivity contribution is -0.123. The molecule has 0 radical (unpaired) electrons. The molecule has 1 aliphatic rings. The van der Waals surface area contributed by atoms with Gasteiger partial charge in [-0.1, -0.05) is 66.7 Å². The molecule has 0 aromatic heterocycles. The van der Waals surface area contributed by atoms with Gasteiger partial charge in [-0.2, -0.15) is 5.10 Å². The van der Waals surface area contributed by atoms with E-state index in [0.717, 1.165) is 11.3 Å². The minimum atomic E-state index is -0.357. The summed E-state index contributed by atoms with van der Waals surface area (Å²) >= 11 is 11.9. The van der Waals surface area contributed by atoms with E-state index in [1.807, 2.05) is 6.92 Å². The predicted octanol–water partition coefficient (Wildman–Crippen LogP) is 5.96. The zero-order chi connectivity index (χ0) is 19.9. The van der Waals surface area contributed by atoms with Gasteiger partial charge >= 0.3 is 0 Å². The monoisotopic (exact) mass is 418 g/mol. The highest BCUT2D eigenvalue weighted by molar-refractivity contribution is 6.35. The van der Waals surface area contributed by atoms with Crippen molar-refractivity contribution in [1.29, 1.82) is 0 Å². The standard InChI is InChI=1S/C22H24Cl2N2O2/c1-15(16-7-9-18(10-8-16)17-5-3-2-4-6-17)25-26-22(27)14-28-21-12-11-19(23)13-20(21)24/h7-13,17H,2-6,14H2,1H3,(H,26,27)/b25-15+. The van der Waals surface area contributed by atoms with Crippen LogP contribution in [0.5, 0.6) is 5.75 Å². The molecule has 0 spiro atoms. The first-order valence-corrected chi connectivity index (χ1v) is 10.3. The second kappa shape index (κ2) is 9.94. The second-order valence-electron chi connectivity index (χ2n) is 7.05. The van der Waals surface area contributed by atoms with Crippen molar-refractivity contribution in [2.75, 3.05) is 6.61 Å². The fraction of sp³-hybridized carbons (Fsp3) is 0.364. The van der Waals surface area contributed by atoms with Gasteiger partial charge in [0.2, 0.25) is 0 Å². The van der Waals surface area contributed by atoms with Crippen molar-refractivity contribution in [3.63, 3.8) is 0 Å². The van der Waals surface area contributed by atoms with E-state index in [9.17, 15) is 4.79 Å². The highest BCUT2D eigenvalue weighted by Gasteiger charge is 2.15. The lowest BCUT2D eigenvalue weighted by Crippen LogP contribution is -2.25. The first-order chi connectivity index (χ1) is 13.5. The Morgan fingerprint density at radius 2 is 1.82 bits per heavy atom. The van der Waals surface area contributed by atoms with Gasteiger partial charge in [-0.05, 0) is 55.0 Å². The summed E-state index contributed by atoms with van der Waals surface area (Å²) in [6.07, 6.45) is 6.55. The van der Waals surface area contributed by atoms with Gasteiger partial charge in [0.15, 0.2) is 6.61 Å².